The SMILES string of the molecule is c1ccc2c(c1)-c1cccc3c(-c4nc(-c5ccc(-n6c7ccc8ccccc8c7c7c8ccccc8ccc76)cc5)nc5sc6ccccc6c45)ccc-2c13. The molecule has 13 rings (SSSR count). The molecule has 3 heterocycles. The van der Waals surface area contributed by atoms with E-state index in [1.54, 1.807) is 11.3 Å². The van der Waals surface area contributed by atoms with Crippen molar-refractivity contribution in [2.45, 2.75) is 0 Å². The number of hydrogen-bond acceptors (Lipinski definition) is 3. The van der Waals surface area contributed by atoms with Crippen LogP contribution in [-0.2, 0) is 0 Å². The minimum atomic E-state index is 0.733. The van der Waals surface area contributed by atoms with Gasteiger partial charge in [-0.3, -0.25) is 0 Å². The molecule has 0 bridgehead atoms. The van der Waals surface area contributed by atoms with Gasteiger partial charge in [0.1, 0.15) is 4.83 Å². The van der Waals surface area contributed by atoms with Gasteiger partial charge in [0.2, 0.25) is 0 Å². The largest absolute Gasteiger partial charge is 0.309 e. The molecule has 0 unspecified atom stereocenters. The first kappa shape index (κ1) is 30.2. The number of thiophene rings is 1. The van der Waals surface area contributed by atoms with Gasteiger partial charge in [-0.2, -0.15) is 0 Å². The van der Waals surface area contributed by atoms with Crippen molar-refractivity contribution in [2.24, 2.45) is 0 Å². The van der Waals surface area contributed by atoms with Gasteiger partial charge < -0.3 is 4.57 Å². The fraction of sp³-hybridized carbons (Fsp3) is 0. The lowest BCUT2D eigenvalue weighted by Gasteiger charge is -2.13. The summed E-state index contributed by atoms with van der Waals surface area (Å²) in [4.78, 5) is 11.8. The van der Waals surface area contributed by atoms with E-state index in [1.165, 1.54) is 86.5 Å². The van der Waals surface area contributed by atoms with E-state index in [2.05, 4.69) is 180 Å². The van der Waals surface area contributed by atoms with Crippen LogP contribution in [0.2, 0.25) is 0 Å². The van der Waals surface area contributed by atoms with Crippen molar-refractivity contribution in [1.29, 1.82) is 0 Å². The van der Waals surface area contributed by atoms with Crippen LogP contribution < -0.4 is 0 Å². The van der Waals surface area contributed by atoms with Crippen LogP contribution in [0.4, 0.5) is 0 Å². The Morgan fingerprint density at radius 3 is 1.66 bits per heavy atom. The quantitative estimate of drug-likeness (QED) is 0.181. The van der Waals surface area contributed by atoms with E-state index in [0.29, 0.717) is 0 Å². The first-order chi connectivity index (χ1) is 27.8. The first-order valence-corrected chi connectivity index (χ1v) is 19.9. The van der Waals surface area contributed by atoms with Gasteiger partial charge in [0.15, 0.2) is 5.82 Å². The molecule has 12 aromatic rings. The Bertz CT molecular complexity index is 3520. The summed E-state index contributed by atoms with van der Waals surface area (Å²) in [6.45, 7) is 0. The van der Waals surface area contributed by atoms with Crippen LogP contribution in [0.1, 0.15) is 0 Å². The molecule has 0 aliphatic heterocycles. The molecule has 0 saturated heterocycles. The Morgan fingerprint density at radius 2 is 0.946 bits per heavy atom. The van der Waals surface area contributed by atoms with Crippen molar-refractivity contribution in [1.82, 2.24) is 14.5 Å². The average molecular weight is 728 g/mol. The second-order valence-corrected chi connectivity index (χ2v) is 15.9. The molecule has 4 heteroatoms. The van der Waals surface area contributed by atoms with Crippen LogP contribution in [0.25, 0.3) is 125 Å². The Kier molecular flexibility index (Phi) is 6.04. The highest BCUT2D eigenvalue weighted by atomic mass is 32.1. The molecule has 0 saturated carbocycles. The molecular formula is C52H29N3S. The van der Waals surface area contributed by atoms with Crippen LogP contribution in [0.15, 0.2) is 176 Å². The number of fused-ring (bicyclic) bond motifs is 13. The first-order valence-electron chi connectivity index (χ1n) is 19.1. The molecule has 0 amide bonds. The van der Waals surface area contributed by atoms with Crippen molar-refractivity contribution >= 4 is 85.8 Å². The zero-order valence-electron chi connectivity index (χ0n) is 30.0. The number of aromatic nitrogens is 3. The topological polar surface area (TPSA) is 30.7 Å². The van der Waals surface area contributed by atoms with Gasteiger partial charge in [-0.05, 0) is 97.0 Å². The fourth-order valence-corrected chi connectivity index (χ4v) is 10.6. The predicted molar refractivity (Wildman–Crippen MR) is 237 cm³/mol. The number of benzene rings is 9. The van der Waals surface area contributed by atoms with E-state index in [-0.39, 0.29) is 0 Å². The van der Waals surface area contributed by atoms with Crippen LogP contribution >= 0.6 is 11.3 Å². The minimum absolute atomic E-state index is 0.733. The maximum Gasteiger partial charge on any atom is 0.161 e. The fourth-order valence-electron chi connectivity index (χ4n) is 9.55. The van der Waals surface area contributed by atoms with Crippen LogP contribution in [-0.4, -0.2) is 14.5 Å². The van der Waals surface area contributed by atoms with E-state index in [9.17, 15) is 0 Å². The second-order valence-electron chi connectivity index (χ2n) is 14.9. The summed E-state index contributed by atoms with van der Waals surface area (Å²) in [6.07, 6.45) is 0. The van der Waals surface area contributed by atoms with E-state index in [0.717, 1.165) is 38.5 Å². The molecule has 0 fully saturated rings. The summed E-state index contributed by atoms with van der Waals surface area (Å²) in [6, 6.07) is 64.1. The lowest BCUT2D eigenvalue weighted by molar-refractivity contribution is 1.18. The van der Waals surface area contributed by atoms with E-state index >= 15 is 0 Å². The second kappa shape index (κ2) is 11.2. The molecule has 1 aliphatic carbocycles. The molecule has 3 nitrogen and oxygen atoms in total. The van der Waals surface area contributed by atoms with Crippen molar-refractivity contribution in [3.05, 3.63) is 176 Å². The van der Waals surface area contributed by atoms with Crippen molar-refractivity contribution in [3.63, 3.8) is 0 Å². The van der Waals surface area contributed by atoms with Gasteiger partial charge in [0, 0.05) is 43.1 Å². The molecule has 9 aromatic carbocycles. The lowest BCUT2D eigenvalue weighted by Crippen LogP contribution is -1.96. The maximum absolute atomic E-state index is 5.49. The van der Waals surface area contributed by atoms with Gasteiger partial charge in [0.25, 0.3) is 0 Å². The molecule has 3 aromatic heterocycles. The minimum Gasteiger partial charge on any atom is -0.309 e. The van der Waals surface area contributed by atoms with Gasteiger partial charge in [-0.1, -0.05) is 133 Å². The van der Waals surface area contributed by atoms with Gasteiger partial charge in [-0.15, -0.1) is 11.3 Å². The summed E-state index contributed by atoms with van der Waals surface area (Å²) in [5, 5.41) is 12.4. The zero-order valence-corrected chi connectivity index (χ0v) is 30.8. The molecule has 0 radical (unpaired) electrons. The van der Waals surface area contributed by atoms with Crippen LogP contribution in [0, 0.1) is 0 Å². The number of rotatable bonds is 3. The lowest BCUT2D eigenvalue weighted by atomic mass is 9.95. The van der Waals surface area contributed by atoms with Gasteiger partial charge in [-0.25, -0.2) is 9.97 Å². The van der Waals surface area contributed by atoms with Crippen LogP contribution in [0.5, 0.6) is 0 Å². The van der Waals surface area contributed by atoms with Crippen molar-refractivity contribution in [3.8, 4) is 50.6 Å². The zero-order chi connectivity index (χ0) is 36.5. The molecule has 0 spiro atoms. The normalized spacial score (nSPS) is 12.3. The smallest absolute Gasteiger partial charge is 0.161 e. The molecular weight excluding hydrogens is 699 g/mol. The highest BCUT2D eigenvalue weighted by molar-refractivity contribution is 7.25. The van der Waals surface area contributed by atoms with Crippen molar-refractivity contribution in [2.75, 3.05) is 0 Å². The molecule has 258 valence electrons. The summed E-state index contributed by atoms with van der Waals surface area (Å²) < 4.78 is 3.63. The highest BCUT2D eigenvalue weighted by Gasteiger charge is 2.25. The molecule has 0 N–H and O–H groups in total. The third-order valence-corrected chi connectivity index (χ3v) is 13.0. The Hall–Kier alpha value is -7.14. The van der Waals surface area contributed by atoms with Gasteiger partial charge in [0.05, 0.1) is 16.7 Å². The third kappa shape index (κ3) is 4.06. The molecule has 1 aliphatic rings. The number of hydrogen-bond donors (Lipinski definition) is 0. The highest BCUT2D eigenvalue weighted by Crippen LogP contribution is 2.50. The molecule has 56 heavy (non-hydrogen) atoms. The van der Waals surface area contributed by atoms with Crippen molar-refractivity contribution < 1.29 is 0 Å². The Labute approximate surface area is 325 Å². The number of nitrogens with zero attached hydrogens (tertiary/aromatic N) is 3. The summed E-state index contributed by atoms with van der Waals surface area (Å²) >= 11 is 1.74. The standard InChI is InChI=1S/C52H29N3S/c1-3-12-34-30(10-1)22-28-43-47(34)48-35-13-4-2-11-31(35)23-29-44(48)55(43)33-24-20-32(21-25-33)51-53-50(49-42-16-7-8-19-45(42)56-52(49)54-51)41-27-26-40-37-15-6-5-14-36(37)38-17-9-18-39(41)46(38)40/h1-29H. The summed E-state index contributed by atoms with van der Waals surface area (Å²) in [5.41, 5.74) is 11.8. The monoisotopic (exact) mass is 727 g/mol. The Balaban J connectivity index is 1.03. The maximum atomic E-state index is 5.49. The average Bonchev–Trinajstić information content (AvgIpc) is 3.92. The summed E-state index contributed by atoms with van der Waals surface area (Å²) in [7, 11) is 0. The third-order valence-electron chi connectivity index (χ3n) is 12.0. The van der Waals surface area contributed by atoms with E-state index in [1.807, 2.05) is 0 Å². The predicted octanol–water partition coefficient (Wildman–Crippen LogP) is 14.4. The Morgan fingerprint density at radius 1 is 0.375 bits per heavy atom. The van der Waals surface area contributed by atoms with Crippen LogP contribution in [0.3, 0.4) is 0 Å². The van der Waals surface area contributed by atoms with E-state index in [4.69, 9.17) is 9.97 Å². The van der Waals surface area contributed by atoms with Gasteiger partial charge >= 0.3 is 0 Å². The molecule has 0 atom stereocenters. The summed E-state index contributed by atoms with van der Waals surface area (Å²) in [5.74, 6) is 0.733. The van der Waals surface area contributed by atoms with E-state index < -0.39 is 0 Å².